The summed E-state index contributed by atoms with van der Waals surface area (Å²) in [6, 6.07) is 12.8. The van der Waals surface area contributed by atoms with E-state index in [0.717, 1.165) is 5.69 Å². The van der Waals surface area contributed by atoms with Gasteiger partial charge in [-0.05, 0) is 24.5 Å². The van der Waals surface area contributed by atoms with E-state index in [1.165, 1.54) is 16.7 Å². The second kappa shape index (κ2) is 4.48. The molecule has 0 atom stereocenters. The molecule has 1 aromatic carbocycles. The highest BCUT2D eigenvalue weighted by molar-refractivity contribution is 5.62. The van der Waals surface area contributed by atoms with Gasteiger partial charge in [0, 0.05) is 17.5 Å². The third-order valence-electron chi connectivity index (χ3n) is 2.76. The minimum absolute atomic E-state index is 0.493. The van der Waals surface area contributed by atoms with Crippen molar-refractivity contribution in [1.82, 2.24) is 4.98 Å². The molecule has 1 heteroatoms. The van der Waals surface area contributed by atoms with E-state index in [2.05, 4.69) is 62.2 Å². The van der Waals surface area contributed by atoms with Crippen LogP contribution in [0.2, 0.25) is 0 Å². The van der Waals surface area contributed by atoms with Crippen molar-refractivity contribution in [3.8, 4) is 11.1 Å². The maximum absolute atomic E-state index is 4.48. The van der Waals surface area contributed by atoms with Crippen LogP contribution >= 0.6 is 0 Å². The lowest BCUT2D eigenvalue weighted by molar-refractivity contribution is 0.823. The molecule has 0 aliphatic heterocycles. The standard InChI is InChI=1S/C15H17N/c1-11(2)15-9-8-14(10-16-15)13-6-4-12(3)5-7-13/h4-11H,1-3H3. The fourth-order valence-corrected chi connectivity index (χ4v) is 1.66. The van der Waals surface area contributed by atoms with Crippen molar-refractivity contribution in [2.24, 2.45) is 0 Å². The average Bonchev–Trinajstić information content (AvgIpc) is 2.30. The van der Waals surface area contributed by atoms with Crippen molar-refractivity contribution in [2.75, 3.05) is 0 Å². The van der Waals surface area contributed by atoms with E-state index in [1.54, 1.807) is 0 Å². The van der Waals surface area contributed by atoms with Crippen LogP contribution in [0.5, 0.6) is 0 Å². The molecule has 2 rings (SSSR count). The number of pyridine rings is 1. The van der Waals surface area contributed by atoms with Crippen LogP contribution in [0.25, 0.3) is 11.1 Å². The normalized spacial score (nSPS) is 10.8. The van der Waals surface area contributed by atoms with Gasteiger partial charge < -0.3 is 0 Å². The Balaban J connectivity index is 2.31. The summed E-state index contributed by atoms with van der Waals surface area (Å²) < 4.78 is 0. The van der Waals surface area contributed by atoms with Crippen LogP contribution in [0.1, 0.15) is 31.0 Å². The molecule has 16 heavy (non-hydrogen) atoms. The summed E-state index contributed by atoms with van der Waals surface area (Å²) in [4.78, 5) is 4.48. The highest BCUT2D eigenvalue weighted by atomic mass is 14.7. The van der Waals surface area contributed by atoms with Crippen LogP contribution in [0.3, 0.4) is 0 Å². The number of nitrogens with zero attached hydrogens (tertiary/aromatic N) is 1. The van der Waals surface area contributed by atoms with Gasteiger partial charge in [-0.25, -0.2) is 0 Å². The van der Waals surface area contributed by atoms with Crippen LogP contribution in [-0.4, -0.2) is 4.98 Å². The molecule has 1 nitrogen and oxygen atoms in total. The largest absolute Gasteiger partial charge is 0.260 e. The van der Waals surface area contributed by atoms with Crippen molar-refractivity contribution in [3.05, 3.63) is 53.9 Å². The smallest absolute Gasteiger partial charge is 0.0429 e. The van der Waals surface area contributed by atoms with Gasteiger partial charge in [-0.15, -0.1) is 0 Å². The molecule has 0 saturated heterocycles. The lowest BCUT2D eigenvalue weighted by Crippen LogP contribution is -1.91. The summed E-state index contributed by atoms with van der Waals surface area (Å²) in [6.45, 7) is 6.42. The second-order valence-corrected chi connectivity index (χ2v) is 4.49. The summed E-state index contributed by atoms with van der Waals surface area (Å²) >= 11 is 0. The Bertz CT molecular complexity index is 452. The molecule has 0 spiro atoms. The van der Waals surface area contributed by atoms with Gasteiger partial charge in [0.1, 0.15) is 0 Å². The molecule has 0 aliphatic rings. The van der Waals surface area contributed by atoms with Gasteiger partial charge in [-0.2, -0.15) is 0 Å². The van der Waals surface area contributed by atoms with Crippen molar-refractivity contribution in [3.63, 3.8) is 0 Å². The van der Waals surface area contributed by atoms with Gasteiger partial charge in [0.15, 0.2) is 0 Å². The molecule has 0 radical (unpaired) electrons. The Hall–Kier alpha value is -1.63. The third kappa shape index (κ3) is 2.30. The Morgan fingerprint density at radius 2 is 1.50 bits per heavy atom. The Morgan fingerprint density at radius 3 is 2.00 bits per heavy atom. The molecule has 0 fully saturated rings. The zero-order valence-corrected chi connectivity index (χ0v) is 10.1. The monoisotopic (exact) mass is 211 g/mol. The van der Waals surface area contributed by atoms with Gasteiger partial charge in [-0.1, -0.05) is 49.7 Å². The topological polar surface area (TPSA) is 12.9 Å². The molecule has 0 amide bonds. The Morgan fingerprint density at radius 1 is 0.875 bits per heavy atom. The minimum atomic E-state index is 0.493. The van der Waals surface area contributed by atoms with Crippen molar-refractivity contribution >= 4 is 0 Å². The van der Waals surface area contributed by atoms with E-state index in [4.69, 9.17) is 0 Å². The van der Waals surface area contributed by atoms with Crippen LogP contribution < -0.4 is 0 Å². The molecule has 0 bridgehead atoms. The van der Waals surface area contributed by atoms with Gasteiger partial charge in [0.25, 0.3) is 0 Å². The fraction of sp³-hybridized carbons (Fsp3) is 0.267. The first-order chi connectivity index (χ1) is 7.66. The van der Waals surface area contributed by atoms with E-state index in [9.17, 15) is 0 Å². The molecule has 0 N–H and O–H groups in total. The second-order valence-electron chi connectivity index (χ2n) is 4.49. The maximum atomic E-state index is 4.48. The number of hydrogen-bond donors (Lipinski definition) is 0. The van der Waals surface area contributed by atoms with Crippen LogP contribution in [0, 0.1) is 6.92 Å². The van der Waals surface area contributed by atoms with Gasteiger partial charge in [0.2, 0.25) is 0 Å². The van der Waals surface area contributed by atoms with Gasteiger partial charge >= 0.3 is 0 Å². The van der Waals surface area contributed by atoms with Crippen LogP contribution in [0.4, 0.5) is 0 Å². The van der Waals surface area contributed by atoms with Crippen LogP contribution in [-0.2, 0) is 0 Å². The predicted octanol–water partition coefficient (Wildman–Crippen LogP) is 4.18. The Labute approximate surface area is 97.2 Å². The molecule has 0 aliphatic carbocycles. The van der Waals surface area contributed by atoms with E-state index < -0.39 is 0 Å². The number of aryl methyl sites for hydroxylation is 1. The van der Waals surface area contributed by atoms with E-state index in [0.29, 0.717) is 5.92 Å². The first-order valence-corrected chi connectivity index (χ1v) is 5.70. The zero-order valence-electron chi connectivity index (χ0n) is 10.1. The quantitative estimate of drug-likeness (QED) is 0.726. The first-order valence-electron chi connectivity index (χ1n) is 5.70. The molecular weight excluding hydrogens is 194 g/mol. The average molecular weight is 211 g/mol. The SMILES string of the molecule is Cc1ccc(-c2ccc(C(C)C)nc2)cc1. The van der Waals surface area contributed by atoms with Gasteiger partial charge in [0.05, 0.1) is 0 Å². The van der Waals surface area contributed by atoms with Gasteiger partial charge in [-0.3, -0.25) is 4.98 Å². The first kappa shape index (κ1) is 10.9. The molecule has 2 aromatic rings. The third-order valence-corrected chi connectivity index (χ3v) is 2.76. The highest BCUT2D eigenvalue weighted by Crippen LogP contribution is 2.20. The predicted molar refractivity (Wildman–Crippen MR) is 68.5 cm³/mol. The van der Waals surface area contributed by atoms with Crippen LogP contribution in [0.15, 0.2) is 42.6 Å². The fourth-order valence-electron chi connectivity index (χ4n) is 1.66. The van der Waals surface area contributed by atoms with Crippen molar-refractivity contribution < 1.29 is 0 Å². The van der Waals surface area contributed by atoms with E-state index in [1.807, 2.05) is 6.20 Å². The molecule has 82 valence electrons. The molecular formula is C15H17N. The molecule has 1 heterocycles. The number of aromatic nitrogens is 1. The van der Waals surface area contributed by atoms with Crippen molar-refractivity contribution in [1.29, 1.82) is 0 Å². The number of hydrogen-bond acceptors (Lipinski definition) is 1. The summed E-state index contributed by atoms with van der Waals surface area (Å²) in [5.74, 6) is 0.493. The summed E-state index contributed by atoms with van der Waals surface area (Å²) in [5.41, 5.74) is 4.85. The summed E-state index contributed by atoms with van der Waals surface area (Å²) in [7, 11) is 0. The number of rotatable bonds is 2. The number of benzene rings is 1. The zero-order chi connectivity index (χ0) is 11.5. The minimum Gasteiger partial charge on any atom is -0.260 e. The lowest BCUT2D eigenvalue weighted by atomic mass is 10.0. The molecule has 0 unspecified atom stereocenters. The maximum Gasteiger partial charge on any atom is 0.0429 e. The molecule has 1 aromatic heterocycles. The van der Waals surface area contributed by atoms with E-state index >= 15 is 0 Å². The lowest BCUT2D eigenvalue weighted by Gasteiger charge is -2.06. The van der Waals surface area contributed by atoms with Crippen molar-refractivity contribution in [2.45, 2.75) is 26.7 Å². The van der Waals surface area contributed by atoms with E-state index in [-0.39, 0.29) is 0 Å². The summed E-state index contributed by atoms with van der Waals surface area (Å²) in [5, 5.41) is 0. The summed E-state index contributed by atoms with van der Waals surface area (Å²) in [6.07, 6.45) is 1.96. The highest BCUT2D eigenvalue weighted by Gasteiger charge is 2.01. The molecule has 0 saturated carbocycles. The Kier molecular flexibility index (Phi) is 3.04.